The quantitative estimate of drug-likeness (QED) is 0.813. The molecule has 4 heteroatoms. The van der Waals surface area contributed by atoms with E-state index >= 15 is 0 Å². The highest BCUT2D eigenvalue weighted by molar-refractivity contribution is 9.10. The van der Waals surface area contributed by atoms with Crippen LogP contribution in [0, 0.1) is 25.5 Å². The van der Waals surface area contributed by atoms with Crippen molar-refractivity contribution in [2.45, 2.75) is 26.3 Å². The Morgan fingerprint density at radius 1 is 1.10 bits per heavy atom. The van der Waals surface area contributed by atoms with Gasteiger partial charge in [-0.15, -0.1) is 0 Å². The maximum Gasteiger partial charge on any atom is 0.143 e. The largest absolute Gasteiger partial charge is 0.324 e. The zero-order valence-corrected chi connectivity index (χ0v) is 13.0. The molecule has 2 rings (SSSR count). The zero-order valence-electron chi connectivity index (χ0n) is 11.4. The molecule has 0 heterocycles. The van der Waals surface area contributed by atoms with Gasteiger partial charge in [0.1, 0.15) is 11.6 Å². The van der Waals surface area contributed by atoms with Crippen molar-refractivity contribution in [2.24, 2.45) is 5.73 Å². The minimum absolute atomic E-state index is 0.0227. The minimum Gasteiger partial charge on any atom is -0.324 e. The molecule has 1 nitrogen and oxygen atoms in total. The summed E-state index contributed by atoms with van der Waals surface area (Å²) >= 11 is 3.07. The van der Waals surface area contributed by atoms with Crippen molar-refractivity contribution in [3.05, 3.63) is 68.7 Å². The summed E-state index contributed by atoms with van der Waals surface area (Å²) in [5.74, 6) is -1.14. The third-order valence-electron chi connectivity index (χ3n) is 3.48. The summed E-state index contributed by atoms with van der Waals surface area (Å²) in [7, 11) is 0. The van der Waals surface area contributed by atoms with E-state index in [4.69, 9.17) is 5.73 Å². The molecule has 0 spiro atoms. The number of hydrogen-bond acceptors (Lipinski definition) is 1. The van der Waals surface area contributed by atoms with Crippen LogP contribution in [-0.2, 0) is 6.42 Å². The van der Waals surface area contributed by atoms with Crippen LogP contribution in [0.2, 0.25) is 0 Å². The van der Waals surface area contributed by atoms with Crippen molar-refractivity contribution in [1.29, 1.82) is 0 Å². The first-order chi connectivity index (χ1) is 9.41. The first-order valence-electron chi connectivity index (χ1n) is 6.36. The Morgan fingerprint density at radius 3 is 2.30 bits per heavy atom. The Balaban J connectivity index is 2.38. The molecule has 2 aromatic carbocycles. The maximum atomic E-state index is 14.0. The molecule has 0 saturated carbocycles. The molecule has 0 radical (unpaired) electrons. The van der Waals surface area contributed by atoms with E-state index in [1.165, 1.54) is 12.1 Å². The topological polar surface area (TPSA) is 26.0 Å². The second-order valence-corrected chi connectivity index (χ2v) is 5.79. The SMILES string of the molecule is Cc1cccc(C)c1C(N)Cc1c(F)ccc(Br)c1F. The van der Waals surface area contributed by atoms with Gasteiger partial charge in [-0.2, -0.15) is 0 Å². The van der Waals surface area contributed by atoms with E-state index < -0.39 is 17.7 Å². The van der Waals surface area contributed by atoms with E-state index in [1.807, 2.05) is 32.0 Å². The second-order valence-electron chi connectivity index (χ2n) is 4.94. The Kier molecular flexibility index (Phi) is 4.55. The van der Waals surface area contributed by atoms with Gasteiger partial charge in [0.15, 0.2) is 0 Å². The Labute approximate surface area is 125 Å². The van der Waals surface area contributed by atoms with Crippen LogP contribution in [0.25, 0.3) is 0 Å². The third kappa shape index (κ3) is 2.91. The van der Waals surface area contributed by atoms with E-state index in [9.17, 15) is 8.78 Å². The molecular weight excluding hydrogens is 324 g/mol. The smallest absolute Gasteiger partial charge is 0.143 e. The lowest BCUT2D eigenvalue weighted by Gasteiger charge is -2.18. The fourth-order valence-corrected chi connectivity index (χ4v) is 2.86. The van der Waals surface area contributed by atoms with Crippen molar-refractivity contribution < 1.29 is 8.78 Å². The molecule has 1 unspecified atom stereocenters. The summed E-state index contributed by atoms with van der Waals surface area (Å²) in [4.78, 5) is 0. The van der Waals surface area contributed by atoms with Gasteiger partial charge in [0, 0.05) is 11.6 Å². The zero-order chi connectivity index (χ0) is 14.9. The van der Waals surface area contributed by atoms with Crippen LogP contribution in [0.1, 0.15) is 28.3 Å². The summed E-state index contributed by atoms with van der Waals surface area (Å²) in [5, 5.41) is 0. The van der Waals surface area contributed by atoms with Crippen LogP contribution in [0.15, 0.2) is 34.8 Å². The van der Waals surface area contributed by atoms with Crippen LogP contribution in [0.5, 0.6) is 0 Å². The average Bonchev–Trinajstić information content (AvgIpc) is 2.39. The fraction of sp³-hybridized carbons (Fsp3) is 0.250. The molecule has 0 bridgehead atoms. The van der Waals surface area contributed by atoms with Gasteiger partial charge in [-0.3, -0.25) is 0 Å². The number of halogens is 3. The highest BCUT2D eigenvalue weighted by atomic mass is 79.9. The molecule has 0 fully saturated rings. The molecule has 2 N–H and O–H groups in total. The number of hydrogen-bond donors (Lipinski definition) is 1. The van der Waals surface area contributed by atoms with Gasteiger partial charge in [-0.1, -0.05) is 18.2 Å². The number of rotatable bonds is 3. The maximum absolute atomic E-state index is 14.0. The molecule has 0 aliphatic rings. The Morgan fingerprint density at radius 2 is 1.70 bits per heavy atom. The summed E-state index contributed by atoms with van der Waals surface area (Å²) in [6, 6.07) is 8.03. The van der Waals surface area contributed by atoms with Crippen LogP contribution < -0.4 is 5.73 Å². The van der Waals surface area contributed by atoms with Crippen molar-refractivity contribution in [2.75, 3.05) is 0 Å². The molecule has 106 valence electrons. The Hall–Kier alpha value is -1.26. The van der Waals surface area contributed by atoms with Gasteiger partial charge < -0.3 is 5.73 Å². The van der Waals surface area contributed by atoms with Crippen molar-refractivity contribution >= 4 is 15.9 Å². The lowest BCUT2D eigenvalue weighted by molar-refractivity contribution is 0.535. The monoisotopic (exact) mass is 339 g/mol. The first kappa shape index (κ1) is 15.1. The van der Waals surface area contributed by atoms with Crippen LogP contribution in [-0.4, -0.2) is 0 Å². The van der Waals surface area contributed by atoms with E-state index in [1.54, 1.807) is 0 Å². The number of aryl methyl sites for hydroxylation is 2. The third-order valence-corrected chi connectivity index (χ3v) is 4.09. The highest BCUT2D eigenvalue weighted by Gasteiger charge is 2.18. The van der Waals surface area contributed by atoms with Crippen LogP contribution >= 0.6 is 15.9 Å². The molecule has 20 heavy (non-hydrogen) atoms. The van der Waals surface area contributed by atoms with Crippen LogP contribution in [0.3, 0.4) is 0 Å². The minimum atomic E-state index is -0.577. The normalized spacial score (nSPS) is 12.5. The van der Waals surface area contributed by atoms with Gasteiger partial charge >= 0.3 is 0 Å². The predicted octanol–water partition coefficient (Wildman–Crippen LogP) is 4.59. The summed E-state index contributed by atoms with van der Waals surface area (Å²) in [6.07, 6.45) is 0.128. The van der Waals surface area contributed by atoms with Gasteiger partial charge in [0.25, 0.3) is 0 Å². The predicted molar refractivity (Wildman–Crippen MR) is 80.6 cm³/mol. The summed E-state index contributed by atoms with van der Waals surface area (Å²) < 4.78 is 28.0. The van der Waals surface area contributed by atoms with Gasteiger partial charge in [0.05, 0.1) is 4.47 Å². The van der Waals surface area contributed by atoms with E-state index in [-0.39, 0.29) is 16.5 Å². The van der Waals surface area contributed by atoms with E-state index in [2.05, 4.69) is 15.9 Å². The van der Waals surface area contributed by atoms with Crippen molar-refractivity contribution in [1.82, 2.24) is 0 Å². The fourth-order valence-electron chi connectivity index (χ4n) is 2.49. The molecular formula is C16H16BrF2N. The van der Waals surface area contributed by atoms with Crippen molar-refractivity contribution in [3.63, 3.8) is 0 Å². The van der Waals surface area contributed by atoms with Crippen molar-refractivity contribution in [3.8, 4) is 0 Å². The van der Waals surface area contributed by atoms with E-state index in [0.717, 1.165) is 16.7 Å². The molecule has 0 saturated heterocycles. The standard InChI is InChI=1S/C16H16BrF2N/c1-9-4-3-5-10(2)15(9)14(20)8-11-13(18)7-6-12(17)16(11)19/h3-7,14H,8,20H2,1-2H3. The van der Waals surface area contributed by atoms with Gasteiger partial charge in [-0.25, -0.2) is 8.78 Å². The molecule has 1 atom stereocenters. The average molecular weight is 340 g/mol. The van der Waals surface area contributed by atoms with Gasteiger partial charge in [-0.05, 0) is 65.0 Å². The highest BCUT2D eigenvalue weighted by Crippen LogP contribution is 2.28. The molecule has 0 aromatic heterocycles. The lowest BCUT2D eigenvalue weighted by atomic mass is 9.92. The lowest BCUT2D eigenvalue weighted by Crippen LogP contribution is -2.17. The summed E-state index contributed by atoms with van der Waals surface area (Å²) in [5.41, 5.74) is 9.21. The summed E-state index contributed by atoms with van der Waals surface area (Å²) in [6.45, 7) is 3.91. The molecule has 0 aliphatic carbocycles. The Bertz CT molecular complexity index is 620. The molecule has 0 amide bonds. The number of benzene rings is 2. The molecule has 0 aliphatic heterocycles. The van der Waals surface area contributed by atoms with Gasteiger partial charge in [0.2, 0.25) is 0 Å². The molecule has 2 aromatic rings. The van der Waals surface area contributed by atoms with Crippen LogP contribution in [0.4, 0.5) is 8.78 Å². The first-order valence-corrected chi connectivity index (χ1v) is 7.15. The second kappa shape index (κ2) is 6.02. The van der Waals surface area contributed by atoms with E-state index in [0.29, 0.717) is 0 Å². The number of nitrogens with two attached hydrogens (primary N) is 1.